The van der Waals surface area contributed by atoms with E-state index in [2.05, 4.69) is 16.3 Å². The van der Waals surface area contributed by atoms with E-state index in [1.54, 1.807) is 7.11 Å². The first kappa shape index (κ1) is 19.0. The van der Waals surface area contributed by atoms with Gasteiger partial charge in [-0.3, -0.25) is 4.68 Å². The number of rotatable bonds is 10. The predicted molar refractivity (Wildman–Crippen MR) is 96.6 cm³/mol. The van der Waals surface area contributed by atoms with Crippen molar-refractivity contribution < 1.29 is 14.3 Å². The molecule has 0 unspecified atom stereocenters. The topological polar surface area (TPSA) is 83.9 Å². The SMILES string of the molecule is COCCOCCO/N=C(\N)c1cccc(Cn2nc(C)cc2C)c1. The molecule has 1 heterocycles. The van der Waals surface area contributed by atoms with Gasteiger partial charge >= 0.3 is 0 Å². The molecule has 0 saturated heterocycles. The maximum atomic E-state index is 6.00. The first-order valence-electron chi connectivity index (χ1n) is 8.22. The molecule has 0 saturated carbocycles. The summed E-state index contributed by atoms with van der Waals surface area (Å²) in [7, 11) is 1.63. The van der Waals surface area contributed by atoms with E-state index >= 15 is 0 Å². The van der Waals surface area contributed by atoms with Gasteiger partial charge in [0.15, 0.2) is 5.84 Å². The molecule has 7 heteroatoms. The molecule has 25 heavy (non-hydrogen) atoms. The third-order valence-electron chi connectivity index (χ3n) is 3.57. The highest BCUT2D eigenvalue weighted by Crippen LogP contribution is 2.10. The molecule has 1 aromatic heterocycles. The Morgan fingerprint density at radius 3 is 2.68 bits per heavy atom. The van der Waals surface area contributed by atoms with Gasteiger partial charge in [0.1, 0.15) is 6.61 Å². The summed E-state index contributed by atoms with van der Waals surface area (Å²) < 4.78 is 12.1. The number of ether oxygens (including phenoxy) is 2. The molecule has 0 atom stereocenters. The lowest BCUT2D eigenvalue weighted by atomic mass is 10.1. The van der Waals surface area contributed by atoms with E-state index in [1.807, 2.05) is 42.8 Å². The van der Waals surface area contributed by atoms with Crippen LogP contribution in [-0.2, 0) is 20.9 Å². The Morgan fingerprint density at radius 2 is 1.96 bits per heavy atom. The number of hydrogen-bond acceptors (Lipinski definition) is 5. The molecule has 2 rings (SSSR count). The van der Waals surface area contributed by atoms with Crippen LogP contribution in [0.15, 0.2) is 35.5 Å². The number of oxime groups is 1. The van der Waals surface area contributed by atoms with E-state index in [0.717, 1.165) is 22.5 Å². The number of amidine groups is 1. The lowest BCUT2D eigenvalue weighted by Gasteiger charge is -2.07. The second-order valence-electron chi connectivity index (χ2n) is 5.70. The average molecular weight is 346 g/mol. The van der Waals surface area contributed by atoms with Gasteiger partial charge in [0.2, 0.25) is 0 Å². The van der Waals surface area contributed by atoms with Crippen molar-refractivity contribution in [2.24, 2.45) is 10.9 Å². The summed E-state index contributed by atoms with van der Waals surface area (Å²) >= 11 is 0. The lowest BCUT2D eigenvalue weighted by molar-refractivity contribution is 0.0265. The molecule has 136 valence electrons. The summed E-state index contributed by atoms with van der Waals surface area (Å²) in [6.45, 7) is 6.60. The van der Waals surface area contributed by atoms with Gasteiger partial charge in [-0.2, -0.15) is 5.10 Å². The Morgan fingerprint density at radius 1 is 1.16 bits per heavy atom. The second-order valence-corrected chi connectivity index (χ2v) is 5.70. The molecule has 2 N–H and O–H groups in total. The molecule has 0 aliphatic rings. The number of nitrogens with zero attached hydrogens (tertiary/aromatic N) is 3. The van der Waals surface area contributed by atoms with E-state index in [4.69, 9.17) is 20.0 Å². The summed E-state index contributed by atoms with van der Waals surface area (Å²) in [5.41, 5.74) is 10.1. The van der Waals surface area contributed by atoms with Gasteiger partial charge in [-0.25, -0.2) is 0 Å². The minimum absolute atomic E-state index is 0.340. The number of methoxy groups -OCH3 is 1. The third-order valence-corrected chi connectivity index (χ3v) is 3.57. The minimum atomic E-state index is 0.340. The number of aromatic nitrogens is 2. The molecule has 7 nitrogen and oxygen atoms in total. The van der Waals surface area contributed by atoms with E-state index in [1.165, 1.54) is 0 Å². The first-order valence-corrected chi connectivity index (χ1v) is 8.22. The fourth-order valence-electron chi connectivity index (χ4n) is 2.35. The van der Waals surface area contributed by atoms with Crippen LogP contribution in [0.25, 0.3) is 0 Å². The molecule has 0 spiro atoms. The average Bonchev–Trinajstić information content (AvgIpc) is 2.91. The molecule has 0 aliphatic carbocycles. The Labute approximate surface area is 148 Å². The summed E-state index contributed by atoms with van der Waals surface area (Å²) in [5.74, 6) is 0.340. The Bertz CT molecular complexity index is 697. The molecular formula is C18H26N4O3. The Balaban J connectivity index is 1.89. The monoisotopic (exact) mass is 346 g/mol. The molecule has 0 amide bonds. The highest BCUT2D eigenvalue weighted by molar-refractivity contribution is 5.97. The van der Waals surface area contributed by atoms with Crippen LogP contribution in [0.1, 0.15) is 22.5 Å². The van der Waals surface area contributed by atoms with Crippen LogP contribution >= 0.6 is 0 Å². The number of nitrogens with two attached hydrogens (primary N) is 1. The fourth-order valence-corrected chi connectivity index (χ4v) is 2.35. The molecule has 0 fully saturated rings. The van der Waals surface area contributed by atoms with Crippen LogP contribution in [-0.4, -0.2) is 49.2 Å². The van der Waals surface area contributed by atoms with Crippen LogP contribution < -0.4 is 5.73 Å². The van der Waals surface area contributed by atoms with Crippen molar-refractivity contribution in [2.45, 2.75) is 20.4 Å². The van der Waals surface area contributed by atoms with Crippen molar-refractivity contribution in [3.05, 3.63) is 52.8 Å². The molecular weight excluding hydrogens is 320 g/mol. The quantitative estimate of drug-likeness (QED) is 0.307. The Kier molecular flexibility index (Phi) is 7.43. The maximum Gasteiger partial charge on any atom is 0.170 e. The lowest BCUT2D eigenvalue weighted by Crippen LogP contribution is -2.15. The van der Waals surface area contributed by atoms with Crippen LogP contribution in [0.2, 0.25) is 0 Å². The largest absolute Gasteiger partial charge is 0.392 e. The zero-order chi connectivity index (χ0) is 18.1. The highest BCUT2D eigenvalue weighted by Gasteiger charge is 2.05. The predicted octanol–water partition coefficient (Wildman–Crippen LogP) is 1.85. The summed E-state index contributed by atoms with van der Waals surface area (Å²) in [5, 5.41) is 8.42. The van der Waals surface area contributed by atoms with E-state index in [9.17, 15) is 0 Å². The summed E-state index contributed by atoms with van der Waals surface area (Å²) in [6, 6.07) is 9.95. The minimum Gasteiger partial charge on any atom is -0.392 e. The van der Waals surface area contributed by atoms with Gasteiger partial charge in [0, 0.05) is 18.4 Å². The van der Waals surface area contributed by atoms with Crippen molar-refractivity contribution >= 4 is 5.84 Å². The van der Waals surface area contributed by atoms with Crippen molar-refractivity contribution in [3.63, 3.8) is 0 Å². The highest BCUT2D eigenvalue weighted by atomic mass is 16.6. The van der Waals surface area contributed by atoms with Crippen molar-refractivity contribution in [3.8, 4) is 0 Å². The van der Waals surface area contributed by atoms with Gasteiger partial charge < -0.3 is 20.0 Å². The summed E-state index contributed by atoms with van der Waals surface area (Å²) in [4.78, 5) is 5.19. The third kappa shape index (κ3) is 6.21. The standard InChI is InChI=1S/C18H26N4O3/c1-14-11-15(2)22(20-14)13-16-5-4-6-17(12-16)18(19)21-25-10-9-24-8-7-23-3/h4-6,11-12H,7-10,13H2,1-3H3,(H2,19,21). The maximum absolute atomic E-state index is 6.00. The van der Waals surface area contributed by atoms with Crippen molar-refractivity contribution in [2.75, 3.05) is 33.5 Å². The number of benzene rings is 1. The second kappa shape index (κ2) is 9.80. The van der Waals surface area contributed by atoms with E-state index in [-0.39, 0.29) is 0 Å². The molecule has 2 aromatic rings. The number of hydrogen-bond donors (Lipinski definition) is 1. The zero-order valence-electron chi connectivity index (χ0n) is 15.1. The van der Waals surface area contributed by atoms with Gasteiger partial charge in [-0.15, -0.1) is 0 Å². The normalized spacial score (nSPS) is 11.7. The Hall–Kier alpha value is -2.38. The van der Waals surface area contributed by atoms with Gasteiger partial charge in [-0.05, 0) is 31.5 Å². The summed E-state index contributed by atoms with van der Waals surface area (Å²) in [6.07, 6.45) is 0. The van der Waals surface area contributed by atoms with E-state index < -0.39 is 0 Å². The van der Waals surface area contributed by atoms with Crippen LogP contribution in [0.3, 0.4) is 0 Å². The molecule has 1 aromatic carbocycles. The van der Waals surface area contributed by atoms with Gasteiger partial charge in [0.05, 0.1) is 32.1 Å². The van der Waals surface area contributed by atoms with E-state index in [0.29, 0.717) is 38.8 Å². The van der Waals surface area contributed by atoms with Crippen molar-refractivity contribution in [1.82, 2.24) is 9.78 Å². The molecule has 0 bridgehead atoms. The van der Waals surface area contributed by atoms with Crippen LogP contribution in [0, 0.1) is 13.8 Å². The van der Waals surface area contributed by atoms with Crippen LogP contribution in [0.5, 0.6) is 0 Å². The van der Waals surface area contributed by atoms with Gasteiger partial charge in [0.25, 0.3) is 0 Å². The molecule has 0 aliphatic heterocycles. The fraction of sp³-hybridized carbons (Fsp3) is 0.444. The molecule has 0 radical (unpaired) electrons. The smallest absolute Gasteiger partial charge is 0.170 e. The first-order chi connectivity index (χ1) is 12.1. The number of aryl methyl sites for hydroxylation is 2. The zero-order valence-corrected chi connectivity index (χ0v) is 15.1. The van der Waals surface area contributed by atoms with Crippen LogP contribution in [0.4, 0.5) is 0 Å². The van der Waals surface area contributed by atoms with Crippen molar-refractivity contribution in [1.29, 1.82) is 0 Å². The van der Waals surface area contributed by atoms with Gasteiger partial charge in [-0.1, -0.05) is 23.4 Å².